The molecular formula is C16H25ClN6O2. The molecule has 9 heteroatoms. The van der Waals surface area contributed by atoms with Crippen molar-refractivity contribution in [1.29, 1.82) is 0 Å². The predicted octanol–water partition coefficient (Wildman–Crippen LogP) is 1.40. The summed E-state index contributed by atoms with van der Waals surface area (Å²) in [6, 6.07) is 0. The van der Waals surface area contributed by atoms with Gasteiger partial charge in [0, 0.05) is 26.2 Å². The molecule has 0 aromatic carbocycles. The van der Waals surface area contributed by atoms with Crippen LogP contribution >= 0.6 is 11.6 Å². The van der Waals surface area contributed by atoms with Gasteiger partial charge >= 0.3 is 0 Å². The van der Waals surface area contributed by atoms with Crippen molar-refractivity contribution in [1.82, 2.24) is 14.9 Å². The van der Waals surface area contributed by atoms with Crippen LogP contribution in [0.15, 0.2) is 9.98 Å². The summed E-state index contributed by atoms with van der Waals surface area (Å²) in [6.45, 7) is 7.61. The Kier molecular flexibility index (Phi) is 7.54. The molecule has 1 aromatic heterocycles. The summed E-state index contributed by atoms with van der Waals surface area (Å²) in [7, 11) is 0. The lowest BCUT2D eigenvalue weighted by atomic mass is 10.1. The zero-order chi connectivity index (χ0) is 18.2. The monoisotopic (exact) mass is 368 g/mol. The van der Waals surface area contributed by atoms with Crippen LogP contribution in [0.4, 0.5) is 11.5 Å². The number of piperidine rings is 1. The summed E-state index contributed by atoms with van der Waals surface area (Å²) >= 11 is 6.06. The van der Waals surface area contributed by atoms with Crippen LogP contribution in [0, 0.1) is 6.92 Å². The fourth-order valence-electron chi connectivity index (χ4n) is 2.83. The van der Waals surface area contributed by atoms with Gasteiger partial charge in [0.15, 0.2) is 5.82 Å². The van der Waals surface area contributed by atoms with E-state index in [-0.39, 0.29) is 18.5 Å². The lowest BCUT2D eigenvalue weighted by Gasteiger charge is -2.29. The zero-order valence-corrected chi connectivity index (χ0v) is 15.3. The van der Waals surface area contributed by atoms with Gasteiger partial charge in [0.05, 0.1) is 18.9 Å². The molecule has 1 aliphatic rings. The Balaban J connectivity index is 2.45. The Morgan fingerprint density at radius 2 is 1.84 bits per heavy atom. The fraction of sp³-hybridized carbons (Fsp3) is 0.625. The van der Waals surface area contributed by atoms with Crippen molar-refractivity contribution in [3.63, 3.8) is 0 Å². The molecule has 0 radical (unpaired) electrons. The number of aliphatic imine (C=N–C) groups is 2. The summed E-state index contributed by atoms with van der Waals surface area (Å²) < 4.78 is 0. The second kappa shape index (κ2) is 9.65. The van der Waals surface area contributed by atoms with E-state index in [2.05, 4.69) is 31.6 Å². The van der Waals surface area contributed by atoms with Gasteiger partial charge in [-0.2, -0.15) is 4.98 Å². The maximum absolute atomic E-state index is 9.23. The lowest BCUT2D eigenvalue weighted by molar-refractivity contribution is 0.211. The number of aliphatic hydroxyl groups excluding tert-OH is 2. The van der Waals surface area contributed by atoms with E-state index in [1.165, 1.54) is 6.42 Å². The molecule has 0 bridgehead atoms. The van der Waals surface area contributed by atoms with E-state index in [1.807, 2.05) is 6.92 Å². The van der Waals surface area contributed by atoms with Crippen molar-refractivity contribution in [3.05, 3.63) is 11.0 Å². The van der Waals surface area contributed by atoms with Crippen LogP contribution in [0.5, 0.6) is 0 Å². The topological polar surface area (TPSA) is 97.4 Å². The first-order chi connectivity index (χ1) is 12.1. The van der Waals surface area contributed by atoms with Crippen molar-refractivity contribution in [3.8, 4) is 0 Å². The van der Waals surface area contributed by atoms with Crippen LogP contribution < -0.4 is 4.90 Å². The minimum Gasteiger partial charge on any atom is -0.395 e. The molecule has 2 heterocycles. The summed E-state index contributed by atoms with van der Waals surface area (Å²) in [4.78, 5) is 21.0. The first-order valence-electron chi connectivity index (χ1n) is 8.42. The van der Waals surface area contributed by atoms with Gasteiger partial charge in [0.2, 0.25) is 11.2 Å². The van der Waals surface area contributed by atoms with Crippen molar-refractivity contribution in [2.24, 2.45) is 9.98 Å². The summed E-state index contributed by atoms with van der Waals surface area (Å²) in [6.07, 6.45) is 3.39. The van der Waals surface area contributed by atoms with Crippen LogP contribution in [-0.2, 0) is 0 Å². The van der Waals surface area contributed by atoms with Crippen LogP contribution in [0.1, 0.15) is 25.0 Å². The Morgan fingerprint density at radius 3 is 2.40 bits per heavy atom. The van der Waals surface area contributed by atoms with Gasteiger partial charge in [-0.1, -0.05) is 0 Å². The van der Waals surface area contributed by atoms with E-state index in [9.17, 15) is 10.2 Å². The smallest absolute Gasteiger partial charge is 0.225 e. The maximum Gasteiger partial charge on any atom is 0.225 e. The van der Waals surface area contributed by atoms with E-state index in [0.717, 1.165) is 25.9 Å². The fourth-order valence-corrected chi connectivity index (χ4v) is 3.04. The summed E-state index contributed by atoms with van der Waals surface area (Å²) in [5, 5.41) is 18.7. The van der Waals surface area contributed by atoms with E-state index >= 15 is 0 Å². The molecule has 1 saturated heterocycles. The number of hydrogen-bond acceptors (Lipinski definition) is 6. The molecule has 0 atom stereocenters. The van der Waals surface area contributed by atoms with E-state index in [1.54, 1.807) is 4.90 Å². The third-order valence-corrected chi connectivity index (χ3v) is 4.21. The summed E-state index contributed by atoms with van der Waals surface area (Å²) in [5.41, 5.74) is 1.24. The van der Waals surface area contributed by atoms with Gasteiger partial charge in [-0.25, -0.2) is 15.0 Å². The first kappa shape index (κ1) is 19.6. The number of nitrogens with zero attached hydrogens (tertiary/aromatic N) is 6. The van der Waals surface area contributed by atoms with Crippen LogP contribution in [0.3, 0.4) is 0 Å². The molecule has 0 unspecified atom stereocenters. The van der Waals surface area contributed by atoms with Gasteiger partial charge < -0.3 is 20.0 Å². The van der Waals surface area contributed by atoms with E-state index < -0.39 is 0 Å². The summed E-state index contributed by atoms with van der Waals surface area (Å²) in [5.74, 6) is 1.00. The van der Waals surface area contributed by atoms with Crippen LogP contribution in [0.2, 0.25) is 5.28 Å². The van der Waals surface area contributed by atoms with Gasteiger partial charge in [-0.15, -0.1) is 0 Å². The zero-order valence-electron chi connectivity index (χ0n) is 14.5. The quantitative estimate of drug-likeness (QED) is 0.447. The average Bonchev–Trinajstić information content (AvgIpc) is 2.61. The highest BCUT2D eigenvalue weighted by Gasteiger charge is 2.20. The molecule has 0 aliphatic carbocycles. The molecule has 0 saturated carbocycles. The molecule has 25 heavy (non-hydrogen) atoms. The Morgan fingerprint density at radius 1 is 1.20 bits per heavy atom. The molecule has 0 amide bonds. The highest BCUT2D eigenvalue weighted by Crippen LogP contribution is 2.32. The van der Waals surface area contributed by atoms with E-state index in [4.69, 9.17) is 11.6 Å². The molecule has 2 rings (SSSR count). The lowest BCUT2D eigenvalue weighted by Crippen LogP contribution is -2.35. The number of anilines is 1. The Hall–Kier alpha value is -1.77. The molecule has 1 fully saturated rings. The third kappa shape index (κ3) is 5.10. The molecule has 1 aliphatic heterocycles. The number of hydrogen-bond donors (Lipinski definition) is 2. The second-order valence-corrected chi connectivity index (χ2v) is 6.14. The number of guanidine groups is 1. The largest absolute Gasteiger partial charge is 0.395 e. The standard InChI is InChI=1S/C16H25ClN6O2/c1-12-13(20-16(18-2)23(8-10-24)9-11-25)14(21-15(17)19-12)22-6-4-3-5-7-22/h24-25H,2-11H2,1H3/b20-16+. The Bertz CT molecular complexity index is 613. The second-order valence-electron chi connectivity index (χ2n) is 5.80. The highest BCUT2D eigenvalue weighted by atomic mass is 35.5. The normalized spacial score (nSPS) is 15.4. The van der Waals surface area contributed by atoms with E-state index in [0.29, 0.717) is 36.2 Å². The SMILES string of the molecule is C=N/C(=N\c1c(C)nc(Cl)nc1N1CCCCC1)N(CCO)CCO. The number of rotatable bonds is 6. The molecule has 2 N–H and O–H groups in total. The maximum atomic E-state index is 9.23. The minimum atomic E-state index is -0.0797. The Labute approximate surface area is 152 Å². The van der Waals surface area contributed by atoms with Crippen LogP contribution in [-0.4, -0.2) is 77.2 Å². The predicted molar refractivity (Wildman–Crippen MR) is 100 cm³/mol. The van der Waals surface area contributed by atoms with Crippen molar-refractivity contribution < 1.29 is 10.2 Å². The number of aliphatic hydroxyl groups is 2. The minimum absolute atomic E-state index is 0.0797. The highest BCUT2D eigenvalue weighted by molar-refractivity contribution is 6.28. The van der Waals surface area contributed by atoms with Gasteiger partial charge in [-0.3, -0.25) is 0 Å². The van der Waals surface area contributed by atoms with Crippen molar-refractivity contribution >= 4 is 35.8 Å². The molecule has 8 nitrogen and oxygen atoms in total. The number of aryl methyl sites for hydroxylation is 1. The van der Waals surface area contributed by atoms with Gasteiger partial charge in [-0.05, 0) is 44.5 Å². The third-order valence-electron chi connectivity index (χ3n) is 4.04. The van der Waals surface area contributed by atoms with Crippen molar-refractivity contribution in [2.75, 3.05) is 44.3 Å². The number of aromatic nitrogens is 2. The molecular weight excluding hydrogens is 344 g/mol. The van der Waals surface area contributed by atoms with Gasteiger partial charge in [0.1, 0.15) is 5.69 Å². The molecule has 1 aromatic rings. The van der Waals surface area contributed by atoms with Gasteiger partial charge in [0.25, 0.3) is 0 Å². The molecule has 138 valence electrons. The van der Waals surface area contributed by atoms with Crippen LogP contribution in [0.25, 0.3) is 0 Å². The first-order valence-corrected chi connectivity index (χ1v) is 8.79. The molecule has 0 spiro atoms. The number of halogens is 1. The average molecular weight is 369 g/mol. The van der Waals surface area contributed by atoms with Crippen molar-refractivity contribution in [2.45, 2.75) is 26.2 Å².